The molecular weight excluding hydrogens is 290 g/mol. The highest BCUT2D eigenvalue weighted by atomic mass is 16.2. The van der Waals surface area contributed by atoms with E-state index in [-0.39, 0.29) is 17.9 Å². The Morgan fingerprint density at radius 2 is 1.91 bits per heavy atom. The number of nitrogens with zero attached hydrogens (tertiary/aromatic N) is 1. The third-order valence-corrected chi connectivity index (χ3v) is 5.01. The van der Waals surface area contributed by atoms with Crippen LogP contribution in [0.4, 0.5) is 5.69 Å². The number of aryl methyl sites for hydroxylation is 1. The molecule has 0 spiro atoms. The number of carbonyl (C=O) groups is 2. The molecule has 2 amide bonds. The zero-order valence-electron chi connectivity index (χ0n) is 13.9. The lowest BCUT2D eigenvalue weighted by atomic mass is 9.87. The largest absolute Gasteiger partial charge is 0.374 e. The summed E-state index contributed by atoms with van der Waals surface area (Å²) in [5, 5.41) is 5.64. The first-order chi connectivity index (χ1) is 11.0. The number of nitrogens with one attached hydrogen (secondary N) is 2. The van der Waals surface area contributed by atoms with Gasteiger partial charge in [0.25, 0.3) is 0 Å². The molecule has 0 radical (unpaired) electrons. The molecule has 0 saturated carbocycles. The van der Waals surface area contributed by atoms with Gasteiger partial charge in [0, 0.05) is 12.1 Å². The van der Waals surface area contributed by atoms with Gasteiger partial charge in [-0.25, -0.2) is 0 Å². The maximum atomic E-state index is 11.8. The summed E-state index contributed by atoms with van der Waals surface area (Å²) in [6.45, 7) is 4.45. The molecule has 124 valence electrons. The lowest BCUT2D eigenvalue weighted by molar-refractivity contribution is -0.133. The van der Waals surface area contributed by atoms with Crippen molar-refractivity contribution in [3.05, 3.63) is 29.3 Å². The third-order valence-electron chi connectivity index (χ3n) is 5.01. The summed E-state index contributed by atoms with van der Waals surface area (Å²) in [6.07, 6.45) is 3.37. The van der Waals surface area contributed by atoms with Gasteiger partial charge >= 0.3 is 0 Å². The molecule has 1 aromatic rings. The van der Waals surface area contributed by atoms with Gasteiger partial charge in [-0.3, -0.25) is 14.9 Å². The monoisotopic (exact) mass is 315 g/mol. The summed E-state index contributed by atoms with van der Waals surface area (Å²) in [4.78, 5) is 25.4. The molecule has 2 heterocycles. The van der Waals surface area contributed by atoms with E-state index in [4.69, 9.17) is 0 Å². The van der Waals surface area contributed by atoms with Crippen LogP contribution in [0.15, 0.2) is 18.2 Å². The second-order valence-corrected chi connectivity index (χ2v) is 6.80. The van der Waals surface area contributed by atoms with E-state index in [1.165, 1.54) is 24.0 Å². The molecule has 1 aromatic carbocycles. The van der Waals surface area contributed by atoms with E-state index in [0.29, 0.717) is 18.8 Å². The van der Waals surface area contributed by atoms with Crippen molar-refractivity contribution in [2.75, 3.05) is 25.5 Å². The fourth-order valence-corrected chi connectivity index (χ4v) is 3.58. The smallest absolute Gasteiger partial charge is 0.249 e. The lowest BCUT2D eigenvalue weighted by Gasteiger charge is -2.30. The molecule has 5 nitrogen and oxygen atoms in total. The predicted octanol–water partition coefficient (Wildman–Crippen LogP) is 2.02. The van der Waals surface area contributed by atoms with E-state index in [0.717, 1.165) is 18.8 Å². The summed E-state index contributed by atoms with van der Waals surface area (Å²) in [6, 6.07) is 6.06. The summed E-state index contributed by atoms with van der Waals surface area (Å²) >= 11 is 0. The van der Waals surface area contributed by atoms with Crippen LogP contribution in [0.1, 0.15) is 42.7 Å². The summed E-state index contributed by atoms with van der Waals surface area (Å²) in [7, 11) is 2.18. The van der Waals surface area contributed by atoms with Gasteiger partial charge in [0.15, 0.2) is 0 Å². The molecular formula is C18H25N3O2. The molecule has 2 fully saturated rings. The third kappa shape index (κ3) is 3.72. The number of anilines is 1. The van der Waals surface area contributed by atoms with Crippen molar-refractivity contribution >= 4 is 17.5 Å². The number of amides is 2. The fourth-order valence-electron chi connectivity index (χ4n) is 3.58. The molecule has 2 N–H and O–H groups in total. The predicted molar refractivity (Wildman–Crippen MR) is 90.4 cm³/mol. The second kappa shape index (κ2) is 6.71. The van der Waals surface area contributed by atoms with Crippen LogP contribution in [0, 0.1) is 6.92 Å². The van der Waals surface area contributed by atoms with Crippen LogP contribution in [0.25, 0.3) is 0 Å². The van der Waals surface area contributed by atoms with Crippen molar-refractivity contribution in [3.8, 4) is 0 Å². The zero-order chi connectivity index (χ0) is 16.4. The molecule has 2 aliphatic rings. The molecule has 2 aliphatic heterocycles. The SMILES string of the molecule is Cc1cc(NC2CCC(=O)NC2=O)ccc1C1CCN(C)CC1. The first-order valence-corrected chi connectivity index (χ1v) is 8.42. The van der Waals surface area contributed by atoms with Gasteiger partial charge in [0.1, 0.15) is 6.04 Å². The maximum absolute atomic E-state index is 11.8. The zero-order valence-corrected chi connectivity index (χ0v) is 13.9. The van der Waals surface area contributed by atoms with E-state index in [1.807, 2.05) is 0 Å². The molecule has 1 unspecified atom stereocenters. The topological polar surface area (TPSA) is 61.4 Å². The van der Waals surface area contributed by atoms with Crippen molar-refractivity contribution in [2.45, 2.75) is 44.6 Å². The van der Waals surface area contributed by atoms with Gasteiger partial charge in [0.05, 0.1) is 0 Å². The first kappa shape index (κ1) is 16.0. The Morgan fingerprint density at radius 3 is 2.57 bits per heavy atom. The Balaban J connectivity index is 1.67. The number of hydrogen-bond acceptors (Lipinski definition) is 4. The Morgan fingerprint density at radius 1 is 1.17 bits per heavy atom. The minimum atomic E-state index is -0.318. The molecule has 2 saturated heterocycles. The Labute approximate surface area is 137 Å². The number of hydrogen-bond donors (Lipinski definition) is 2. The summed E-state index contributed by atoms with van der Waals surface area (Å²) in [5.41, 5.74) is 3.65. The Kier molecular flexibility index (Phi) is 4.66. The Hall–Kier alpha value is -1.88. The van der Waals surface area contributed by atoms with Crippen LogP contribution < -0.4 is 10.6 Å². The summed E-state index contributed by atoms with van der Waals surface area (Å²) in [5.74, 6) is 0.232. The molecule has 3 rings (SSSR count). The molecule has 5 heteroatoms. The highest BCUT2D eigenvalue weighted by molar-refractivity contribution is 6.01. The minimum absolute atomic E-state index is 0.179. The van der Waals surface area contributed by atoms with E-state index in [1.54, 1.807) is 0 Å². The molecule has 0 aliphatic carbocycles. The lowest BCUT2D eigenvalue weighted by Crippen LogP contribution is -2.47. The van der Waals surface area contributed by atoms with E-state index >= 15 is 0 Å². The van der Waals surface area contributed by atoms with Crippen molar-refractivity contribution < 1.29 is 9.59 Å². The number of likely N-dealkylation sites (tertiary alicyclic amines) is 1. The number of piperidine rings is 2. The van der Waals surface area contributed by atoms with E-state index in [9.17, 15) is 9.59 Å². The van der Waals surface area contributed by atoms with Crippen molar-refractivity contribution in [1.82, 2.24) is 10.2 Å². The van der Waals surface area contributed by atoms with Gasteiger partial charge in [0.2, 0.25) is 11.8 Å². The van der Waals surface area contributed by atoms with E-state index < -0.39 is 0 Å². The van der Waals surface area contributed by atoms with Crippen molar-refractivity contribution in [2.24, 2.45) is 0 Å². The maximum Gasteiger partial charge on any atom is 0.249 e. The quantitative estimate of drug-likeness (QED) is 0.838. The molecule has 1 atom stereocenters. The van der Waals surface area contributed by atoms with Crippen LogP contribution in [0.5, 0.6) is 0 Å². The second-order valence-electron chi connectivity index (χ2n) is 6.80. The van der Waals surface area contributed by atoms with Gasteiger partial charge in [-0.1, -0.05) is 6.07 Å². The number of rotatable bonds is 3. The van der Waals surface area contributed by atoms with E-state index in [2.05, 4.69) is 47.7 Å². The van der Waals surface area contributed by atoms with Crippen LogP contribution >= 0.6 is 0 Å². The highest BCUT2D eigenvalue weighted by Gasteiger charge is 2.26. The molecule has 23 heavy (non-hydrogen) atoms. The highest BCUT2D eigenvalue weighted by Crippen LogP contribution is 2.31. The van der Waals surface area contributed by atoms with Crippen molar-refractivity contribution in [1.29, 1.82) is 0 Å². The molecule has 0 aromatic heterocycles. The summed E-state index contributed by atoms with van der Waals surface area (Å²) < 4.78 is 0. The van der Waals surface area contributed by atoms with Crippen LogP contribution in [0.3, 0.4) is 0 Å². The normalized spacial score (nSPS) is 23.7. The fraction of sp³-hybridized carbons (Fsp3) is 0.556. The van der Waals surface area contributed by atoms with Gasteiger partial charge in [-0.05, 0) is 75.5 Å². The Bertz CT molecular complexity index is 606. The van der Waals surface area contributed by atoms with Crippen LogP contribution in [-0.4, -0.2) is 42.9 Å². The van der Waals surface area contributed by atoms with Crippen molar-refractivity contribution in [3.63, 3.8) is 0 Å². The van der Waals surface area contributed by atoms with Gasteiger partial charge < -0.3 is 10.2 Å². The average molecular weight is 315 g/mol. The number of carbonyl (C=O) groups excluding carboxylic acids is 2. The van der Waals surface area contributed by atoms with Gasteiger partial charge in [-0.15, -0.1) is 0 Å². The first-order valence-electron chi connectivity index (χ1n) is 8.42. The average Bonchev–Trinajstić information content (AvgIpc) is 2.51. The standard InChI is InChI=1S/C18H25N3O2/c1-12-11-14(19-16-5-6-17(22)20-18(16)23)3-4-15(12)13-7-9-21(2)10-8-13/h3-4,11,13,16,19H,5-10H2,1-2H3,(H,20,22,23). The van der Waals surface area contributed by atoms with Crippen LogP contribution in [0.2, 0.25) is 0 Å². The number of benzene rings is 1. The minimum Gasteiger partial charge on any atom is -0.374 e. The number of imide groups is 1. The van der Waals surface area contributed by atoms with Crippen LogP contribution in [-0.2, 0) is 9.59 Å². The van der Waals surface area contributed by atoms with Gasteiger partial charge in [-0.2, -0.15) is 0 Å². The molecule has 0 bridgehead atoms.